The minimum atomic E-state index is -0.328. The number of fused-ring (bicyclic) bond motifs is 1. The van der Waals surface area contributed by atoms with Crippen molar-refractivity contribution >= 4 is 22.8 Å². The standard InChI is InChI=1S/C16H18N2O4/c1-2-22-15(20)8-5-9-17-16(21)12-10-14(19)18-13-7-4-3-6-11(12)13/h3-4,6-7,10H,2,5,8-9H2,1H3,(H,17,21)(H,18,19). The summed E-state index contributed by atoms with van der Waals surface area (Å²) in [7, 11) is 0. The number of hydrogen-bond donors (Lipinski definition) is 2. The predicted molar refractivity (Wildman–Crippen MR) is 82.8 cm³/mol. The second-order valence-corrected chi connectivity index (χ2v) is 4.76. The summed E-state index contributed by atoms with van der Waals surface area (Å²) >= 11 is 0. The van der Waals surface area contributed by atoms with E-state index in [4.69, 9.17) is 4.74 Å². The van der Waals surface area contributed by atoms with Crippen molar-refractivity contribution in [2.45, 2.75) is 19.8 Å². The van der Waals surface area contributed by atoms with E-state index in [-0.39, 0.29) is 23.9 Å². The van der Waals surface area contributed by atoms with Gasteiger partial charge >= 0.3 is 5.97 Å². The summed E-state index contributed by atoms with van der Waals surface area (Å²) in [6.07, 6.45) is 0.746. The SMILES string of the molecule is CCOC(=O)CCCNC(=O)c1cc(=O)[nH]c2ccccc12. The average Bonchev–Trinajstić information content (AvgIpc) is 2.50. The zero-order valence-electron chi connectivity index (χ0n) is 12.3. The maximum atomic E-state index is 12.2. The van der Waals surface area contributed by atoms with Gasteiger partial charge in [-0.25, -0.2) is 0 Å². The Labute approximate surface area is 127 Å². The highest BCUT2D eigenvalue weighted by atomic mass is 16.5. The van der Waals surface area contributed by atoms with E-state index >= 15 is 0 Å². The van der Waals surface area contributed by atoms with Gasteiger partial charge in [-0.1, -0.05) is 18.2 Å². The summed E-state index contributed by atoms with van der Waals surface area (Å²) in [6, 6.07) is 8.40. The average molecular weight is 302 g/mol. The minimum Gasteiger partial charge on any atom is -0.466 e. The first-order valence-corrected chi connectivity index (χ1v) is 7.17. The van der Waals surface area contributed by atoms with Gasteiger partial charge in [0.25, 0.3) is 5.91 Å². The lowest BCUT2D eigenvalue weighted by Crippen LogP contribution is -2.26. The van der Waals surface area contributed by atoms with Crippen LogP contribution in [0, 0.1) is 0 Å². The number of H-pyrrole nitrogens is 1. The Morgan fingerprint density at radius 2 is 2.05 bits per heavy atom. The van der Waals surface area contributed by atoms with Gasteiger partial charge in [-0.3, -0.25) is 14.4 Å². The van der Waals surface area contributed by atoms with E-state index in [2.05, 4.69) is 10.3 Å². The van der Waals surface area contributed by atoms with Crippen molar-refractivity contribution in [1.82, 2.24) is 10.3 Å². The molecule has 2 N–H and O–H groups in total. The van der Waals surface area contributed by atoms with Crippen molar-refractivity contribution in [3.05, 3.63) is 46.2 Å². The van der Waals surface area contributed by atoms with Crippen molar-refractivity contribution in [1.29, 1.82) is 0 Å². The molecule has 0 aliphatic rings. The zero-order valence-corrected chi connectivity index (χ0v) is 12.3. The second-order valence-electron chi connectivity index (χ2n) is 4.76. The summed E-state index contributed by atoms with van der Waals surface area (Å²) in [5.41, 5.74) is 0.623. The maximum Gasteiger partial charge on any atom is 0.305 e. The zero-order chi connectivity index (χ0) is 15.9. The molecule has 0 atom stereocenters. The number of aromatic amines is 1. The van der Waals surface area contributed by atoms with E-state index in [1.54, 1.807) is 31.2 Å². The number of hydrogen-bond acceptors (Lipinski definition) is 4. The van der Waals surface area contributed by atoms with Crippen LogP contribution in [0.1, 0.15) is 30.1 Å². The molecule has 0 saturated heterocycles. The molecule has 0 saturated carbocycles. The van der Waals surface area contributed by atoms with Gasteiger partial charge in [0.15, 0.2) is 0 Å². The highest BCUT2D eigenvalue weighted by molar-refractivity contribution is 6.05. The van der Waals surface area contributed by atoms with E-state index in [0.717, 1.165) is 0 Å². The monoisotopic (exact) mass is 302 g/mol. The Morgan fingerprint density at radius 1 is 1.27 bits per heavy atom. The van der Waals surface area contributed by atoms with Crippen molar-refractivity contribution in [2.75, 3.05) is 13.2 Å². The smallest absolute Gasteiger partial charge is 0.305 e. The molecule has 6 heteroatoms. The summed E-state index contributed by atoms with van der Waals surface area (Å²) < 4.78 is 4.81. The van der Waals surface area contributed by atoms with Crippen LogP contribution < -0.4 is 10.9 Å². The van der Waals surface area contributed by atoms with Crippen molar-refractivity contribution in [3.63, 3.8) is 0 Å². The molecule has 116 valence electrons. The molecule has 0 radical (unpaired) electrons. The van der Waals surface area contributed by atoms with Gasteiger partial charge in [0.1, 0.15) is 0 Å². The molecule has 2 rings (SSSR count). The van der Waals surface area contributed by atoms with Crippen molar-refractivity contribution in [2.24, 2.45) is 0 Å². The quantitative estimate of drug-likeness (QED) is 0.626. The Bertz CT molecular complexity index is 736. The number of esters is 1. The van der Waals surface area contributed by atoms with Crippen LogP contribution in [-0.4, -0.2) is 30.0 Å². The first-order valence-electron chi connectivity index (χ1n) is 7.17. The van der Waals surface area contributed by atoms with Crippen LogP contribution in [0.25, 0.3) is 10.9 Å². The lowest BCUT2D eigenvalue weighted by atomic mass is 10.1. The molecule has 1 aromatic carbocycles. The number of ether oxygens (including phenoxy) is 1. The Hall–Kier alpha value is -2.63. The maximum absolute atomic E-state index is 12.2. The van der Waals surface area contributed by atoms with Crippen LogP contribution in [0.4, 0.5) is 0 Å². The largest absolute Gasteiger partial charge is 0.466 e. The van der Waals surface area contributed by atoms with Gasteiger partial charge < -0.3 is 15.0 Å². The number of para-hydroxylation sites is 1. The van der Waals surface area contributed by atoms with Gasteiger partial charge in [0.05, 0.1) is 12.2 Å². The van der Waals surface area contributed by atoms with Gasteiger partial charge in [0, 0.05) is 29.9 Å². The third kappa shape index (κ3) is 3.94. The summed E-state index contributed by atoms with van der Waals surface area (Å²) in [4.78, 5) is 37.7. The van der Waals surface area contributed by atoms with Crippen LogP contribution in [0.15, 0.2) is 35.1 Å². The number of carbonyl (C=O) groups excluding carboxylic acids is 2. The number of benzene rings is 1. The van der Waals surface area contributed by atoms with E-state index in [0.29, 0.717) is 36.0 Å². The number of aromatic nitrogens is 1. The fraction of sp³-hybridized carbons (Fsp3) is 0.312. The number of rotatable bonds is 6. The van der Waals surface area contributed by atoms with Crippen LogP contribution in [0.5, 0.6) is 0 Å². The molecule has 1 heterocycles. The van der Waals surface area contributed by atoms with E-state index < -0.39 is 0 Å². The predicted octanol–water partition coefficient (Wildman–Crippen LogP) is 1.60. The first-order chi connectivity index (χ1) is 10.6. The second kappa shape index (κ2) is 7.40. The van der Waals surface area contributed by atoms with Crippen LogP contribution >= 0.6 is 0 Å². The highest BCUT2D eigenvalue weighted by Crippen LogP contribution is 2.14. The van der Waals surface area contributed by atoms with Gasteiger partial charge in [-0.15, -0.1) is 0 Å². The van der Waals surface area contributed by atoms with E-state index in [1.165, 1.54) is 6.07 Å². The lowest BCUT2D eigenvalue weighted by Gasteiger charge is -2.07. The van der Waals surface area contributed by atoms with E-state index in [1.807, 2.05) is 0 Å². The highest BCUT2D eigenvalue weighted by Gasteiger charge is 2.11. The molecule has 1 aromatic heterocycles. The van der Waals surface area contributed by atoms with Gasteiger partial charge in [-0.05, 0) is 19.4 Å². The van der Waals surface area contributed by atoms with Gasteiger partial charge in [-0.2, -0.15) is 0 Å². The minimum absolute atomic E-state index is 0.254. The number of carbonyl (C=O) groups is 2. The summed E-state index contributed by atoms with van der Waals surface area (Å²) in [5, 5.41) is 3.40. The first kappa shape index (κ1) is 15.8. The third-order valence-electron chi connectivity index (χ3n) is 3.14. The molecule has 0 aliphatic heterocycles. The fourth-order valence-electron chi connectivity index (χ4n) is 2.16. The molecular formula is C16H18N2O4. The number of pyridine rings is 1. The molecule has 0 aliphatic carbocycles. The third-order valence-corrected chi connectivity index (χ3v) is 3.14. The Morgan fingerprint density at radius 3 is 2.82 bits per heavy atom. The van der Waals surface area contributed by atoms with Crippen LogP contribution in [-0.2, 0) is 9.53 Å². The number of amides is 1. The topological polar surface area (TPSA) is 88.3 Å². The Balaban J connectivity index is 2.01. The van der Waals surface area contributed by atoms with E-state index in [9.17, 15) is 14.4 Å². The molecule has 2 aromatic rings. The number of nitrogens with one attached hydrogen (secondary N) is 2. The molecule has 1 amide bonds. The Kier molecular flexibility index (Phi) is 5.30. The van der Waals surface area contributed by atoms with Gasteiger partial charge in [0.2, 0.25) is 5.56 Å². The summed E-state index contributed by atoms with van der Waals surface area (Å²) in [5.74, 6) is -0.607. The molecule has 0 spiro atoms. The molecule has 0 fully saturated rings. The lowest BCUT2D eigenvalue weighted by molar-refractivity contribution is -0.143. The molecule has 0 bridgehead atoms. The van der Waals surface area contributed by atoms with Crippen molar-refractivity contribution < 1.29 is 14.3 Å². The fourth-order valence-corrected chi connectivity index (χ4v) is 2.16. The normalized spacial score (nSPS) is 10.4. The van der Waals surface area contributed by atoms with Crippen LogP contribution in [0.3, 0.4) is 0 Å². The molecule has 6 nitrogen and oxygen atoms in total. The van der Waals surface area contributed by atoms with Crippen LogP contribution in [0.2, 0.25) is 0 Å². The molecule has 0 unspecified atom stereocenters. The molecule has 22 heavy (non-hydrogen) atoms. The summed E-state index contributed by atoms with van der Waals surface area (Å²) in [6.45, 7) is 2.44. The van der Waals surface area contributed by atoms with Crippen molar-refractivity contribution in [3.8, 4) is 0 Å². The molecular weight excluding hydrogens is 284 g/mol.